The molecule has 0 aliphatic carbocycles. The van der Waals surface area contributed by atoms with Gasteiger partial charge in [-0.05, 0) is 37.8 Å². The standard InChI is InChI=1S/C19H31N3O2.ClH/c1-19(6-7-20-13-19)14-22-8-4-5-15(12-22)21-16-9-17(23-2)11-18(10-16)24-3;/h9-11,15,20-21H,4-8,12-14H2,1-3H3;1H. The van der Waals surface area contributed by atoms with E-state index >= 15 is 0 Å². The normalized spacial score (nSPS) is 26.8. The molecule has 2 aliphatic heterocycles. The van der Waals surface area contributed by atoms with Crippen molar-refractivity contribution in [2.24, 2.45) is 5.41 Å². The van der Waals surface area contributed by atoms with Crippen molar-refractivity contribution in [2.75, 3.05) is 52.3 Å². The largest absolute Gasteiger partial charge is 0.497 e. The van der Waals surface area contributed by atoms with Crippen LogP contribution in [0.15, 0.2) is 18.2 Å². The second-order valence-corrected chi connectivity index (χ2v) is 7.56. The Balaban J connectivity index is 0.00000225. The predicted molar refractivity (Wildman–Crippen MR) is 105 cm³/mol. The van der Waals surface area contributed by atoms with Gasteiger partial charge < -0.3 is 25.0 Å². The lowest BCUT2D eigenvalue weighted by molar-refractivity contribution is 0.146. The number of hydrogen-bond donors (Lipinski definition) is 2. The van der Waals surface area contributed by atoms with E-state index in [0.29, 0.717) is 11.5 Å². The van der Waals surface area contributed by atoms with Crippen molar-refractivity contribution in [3.05, 3.63) is 18.2 Å². The molecule has 2 N–H and O–H groups in total. The first-order valence-corrected chi connectivity index (χ1v) is 9.03. The molecule has 2 fully saturated rings. The molecule has 2 heterocycles. The average molecular weight is 370 g/mol. The lowest BCUT2D eigenvalue weighted by Crippen LogP contribution is -2.46. The van der Waals surface area contributed by atoms with Crippen molar-refractivity contribution in [3.8, 4) is 11.5 Å². The first-order valence-electron chi connectivity index (χ1n) is 9.03. The van der Waals surface area contributed by atoms with Crippen LogP contribution in [-0.4, -0.2) is 57.9 Å². The van der Waals surface area contributed by atoms with Crippen LogP contribution in [0.2, 0.25) is 0 Å². The van der Waals surface area contributed by atoms with Crippen molar-refractivity contribution in [1.29, 1.82) is 0 Å². The van der Waals surface area contributed by atoms with E-state index in [4.69, 9.17) is 9.47 Å². The highest BCUT2D eigenvalue weighted by Gasteiger charge is 2.32. The van der Waals surface area contributed by atoms with Gasteiger partial charge in [-0.25, -0.2) is 0 Å². The number of nitrogens with zero attached hydrogens (tertiary/aromatic N) is 1. The smallest absolute Gasteiger partial charge is 0.124 e. The molecule has 0 amide bonds. The maximum Gasteiger partial charge on any atom is 0.124 e. The summed E-state index contributed by atoms with van der Waals surface area (Å²) in [6.07, 6.45) is 3.75. The molecule has 0 saturated carbocycles. The number of halogens is 1. The lowest BCUT2D eigenvalue weighted by atomic mass is 9.88. The van der Waals surface area contributed by atoms with E-state index < -0.39 is 0 Å². The zero-order valence-corrected chi connectivity index (χ0v) is 16.5. The van der Waals surface area contributed by atoms with Crippen LogP contribution in [0.4, 0.5) is 5.69 Å². The minimum absolute atomic E-state index is 0. The fourth-order valence-corrected chi connectivity index (χ4v) is 3.99. The second kappa shape index (κ2) is 8.97. The van der Waals surface area contributed by atoms with Crippen LogP contribution >= 0.6 is 12.4 Å². The number of hydrogen-bond acceptors (Lipinski definition) is 5. The zero-order valence-electron chi connectivity index (χ0n) is 15.6. The number of likely N-dealkylation sites (tertiary alicyclic amines) is 1. The molecular weight excluding hydrogens is 338 g/mol. The maximum atomic E-state index is 5.37. The Bertz CT molecular complexity index is 527. The molecule has 0 aromatic heterocycles. The zero-order chi connectivity index (χ0) is 17.0. The average Bonchev–Trinajstić information content (AvgIpc) is 3.00. The molecule has 0 radical (unpaired) electrons. The Kier molecular flexibility index (Phi) is 7.23. The molecule has 25 heavy (non-hydrogen) atoms. The van der Waals surface area contributed by atoms with Crippen molar-refractivity contribution >= 4 is 18.1 Å². The molecule has 5 nitrogen and oxygen atoms in total. The van der Waals surface area contributed by atoms with Crippen LogP contribution in [0.3, 0.4) is 0 Å². The quantitative estimate of drug-likeness (QED) is 0.807. The highest BCUT2D eigenvalue weighted by Crippen LogP contribution is 2.29. The molecule has 6 heteroatoms. The van der Waals surface area contributed by atoms with Gasteiger partial charge in [-0.3, -0.25) is 0 Å². The van der Waals surface area contributed by atoms with Gasteiger partial charge in [0, 0.05) is 49.6 Å². The number of benzene rings is 1. The highest BCUT2D eigenvalue weighted by atomic mass is 35.5. The number of anilines is 1. The van der Waals surface area contributed by atoms with Gasteiger partial charge in [-0.15, -0.1) is 12.4 Å². The third-order valence-corrected chi connectivity index (χ3v) is 5.29. The van der Waals surface area contributed by atoms with Crippen LogP contribution in [0, 0.1) is 5.41 Å². The van der Waals surface area contributed by atoms with E-state index in [2.05, 4.69) is 22.5 Å². The highest BCUT2D eigenvalue weighted by molar-refractivity contribution is 5.85. The molecule has 1 aromatic rings. The summed E-state index contributed by atoms with van der Waals surface area (Å²) < 4.78 is 10.7. The van der Waals surface area contributed by atoms with Crippen LogP contribution in [0.1, 0.15) is 26.2 Å². The number of ether oxygens (including phenoxy) is 2. The molecular formula is C19H32ClN3O2. The van der Waals surface area contributed by atoms with E-state index in [-0.39, 0.29) is 12.4 Å². The van der Waals surface area contributed by atoms with Gasteiger partial charge in [0.25, 0.3) is 0 Å². The Labute approximate surface area is 157 Å². The van der Waals surface area contributed by atoms with Crippen molar-refractivity contribution in [1.82, 2.24) is 10.2 Å². The molecule has 2 saturated heterocycles. The van der Waals surface area contributed by atoms with Crippen molar-refractivity contribution in [3.63, 3.8) is 0 Å². The molecule has 1 aromatic carbocycles. The molecule has 3 rings (SSSR count). The summed E-state index contributed by atoms with van der Waals surface area (Å²) in [5, 5.41) is 7.19. The van der Waals surface area contributed by atoms with Crippen LogP contribution in [0.5, 0.6) is 11.5 Å². The van der Waals surface area contributed by atoms with Crippen LogP contribution in [-0.2, 0) is 0 Å². The number of nitrogens with one attached hydrogen (secondary N) is 2. The summed E-state index contributed by atoms with van der Waals surface area (Å²) in [5.41, 5.74) is 1.51. The Morgan fingerprint density at radius 3 is 2.56 bits per heavy atom. The van der Waals surface area contributed by atoms with E-state index in [0.717, 1.165) is 36.8 Å². The Morgan fingerprint density at radius 1 is 1.24 bits per heavy atom. The summed E-state index contributed by atoms with van der Waals surface area (Å²) in [4.78, 5) is 2.63. The number of rotatable bonds is 6. The fraction of sp³-hybridized carbons (Fsp3) is 0.684. The minimum atomic E-state index is 0. The molecule has 0 spiro atoms. The third kappa shape index (κ3) is 5.40. The Morgan fingerprint density at radius 2 is 1.96 bits per heavy atom. The predicted octanol–water partition coefficient (Wildman–Crippen LogP) is 3.00. The fourth-order valence-electron chi connectivity index (χ4n) is 3.99. The van der Waals surface area contributed by atoms with Crippen LogP contribution < -0.4 is 20.1 Å². The minimum Gasteiger partial charge on any atom is -0.497 e. The summed E-state index contributed by atoms with van der Waals surface area (Å²) in [6, 6.07) is 6.48. The molecule has 0 bridgehead atoms. The lowest BCUT2D eigenvalue weighted by Gasteiger charge is -2.38. The monoisotopic (exact) mass is 369 g/mol. The number of piperidine rings is 1. The van der Waals surface area contributed by atoms with Crippen molar-refractivity contribution in [2.45, 2.75) is 32.2 Å². The van der Waals surface area contributed by atoms with Crippen molar-refractivity contribution < 1.29 is 9.47 Å². The first-order chi connectivity index (χ1) is 11.6. The van der Waals surface area contributed by atoms with E-state index in [9.17, 15) is 0 Å². The van der Waals surface area contributed by atoms with Gasteiger partial charge in [-0.2, -0.15) is 0 Å². The number of methoxy groups -OCH3 is 2. The molecule has 2 unspecified atom stereocenters. The van der Waals surface area contributed by atoms with Gasteiger partial charge >= 0.3 is 0 Å². The molecule has 2 aliphatic rings. The topological polar surface area (TPSA) is 45.8 Å². The van der Waals surface area contributed by atoms with Gasteiger partial charge in [-0.1, -0.05) is 6.92 Å². The SMILES string of the molecule is COc1cc(NC2CCCN(CC3(C)CCNC3)C2)cc(OC)c1.Cl. The summed E-state index contributed by atoms with van der Waals surface area (Å²) in [6.45, 7) is 8.24. The summed E-state index contributed by atoms with van der Waals surface area (Å²) in [5.74, 6) is 1.66. The van der Waals surface area contributed by atoms with Gasteiger partial charge in [0.15, 0.2) is 0 Å². The van der Waals surface area contributed by atoms with E-state index in [1.165, 1.54) is 32.4 Å². The first kappa shape index (κ1) is 20.1. The second-order valence-electron chi connectivity index (χ2n) is 7.56. The van der Waals surface area contributed by atoms with Gasteiger partial charge in [0.2, 0.25) is 0 Å². The van der Waals surface area contributed by atoms with Gasteiger partial charge in [0.05, 0.1) is 14.2 Å². The van der Waals surface area contributed by atoms with Crippen LogP contribution in [0.25, 0.3) is 0 Å². The van der Waals surface area contributed by atoms with E-state index in [1.807, 2.05) is 18.2 Å². The Hall–Kier alpha value is -1.17. The summed E-state index contributed by atoms with van der Waals surface area (Å²) in [7, 11) is 3.38. The van der Waals surface area contributed by atoms with E-state index in [1.54, 1.807) is 14.2 Å². The summed E-state index contributed by atoms with van der Waals surface area (Å²) >= 11 is 0. The molecule has 142 valence electrons. The maximum absolute atomic E-state index is 5.37. The third-order valence-electron chi connectivity index (χ3n) is 5.29. The molecule has 2 atom stereocenters. The van der Waals surface area contributed by atoms with Gasteiger partial charge in [0.1, 0.15) is 11.5 Å².